The van der Waals surface area contributed by atoms with Gasteiger partial charge in [-0.25, -0.2) is 36.9 Å². The van der Waals surface area contributed by atoms with Crippen LogP contribution >= 0.6 is 0 Å². The third-order valence-corrected chi connectivity index (χ3v) is 9.51. The summed E-state index contributed by atoms with van der Waals surface area (Å²) in [7, 11) is -4.07. The maximum atomic E-state index is 15.3. The first-order valence-electron chi connectivity index (χ1n) is 16.7. The van der Waals surface area contributed by atoms with Crippen LogP contribution in [0.4, 0.5) is 25.2 Å². The Morgan fingerprint density at radius 1 is 1.02 bits per heavy atom. The fourth-order valence-corrected chi connectivity index (χ4v) is 7.15. The van der Waals surface area contributed by atoms with Gasteiger partial charge < -0.3 is 19.7 Å². The van der Waals surface area contributed by atoms with Crippen molar-refractivity contribution in [3.63, 3.8) is 0 Å². The number of nitrogens with one attached hydrogen (secondary N) is 2. The predicted octanol–water partition coefficient (Wildman–Crippen LogP) is 7.50. The monoisotopic (exact) mass is 741 g/mol. The Hall–Kier alpha value is -5.88. The molecule has 3 aromatic carbocycles. The molecule has 0 spiro atoms. The molecule has 2 atom stereocenters. The van der Waals surface area contributed by atoms with E-state index >= 15 is 4.39 Å². The molecular formula is C38H37F2N7O5S. The Bertz CT molecular complexity index is 2310. The van der Waals surface area contributed by atoms with Gasteiger partial charge in [-0.1, -0.05) is 24.3 Å². The third-order valence-electron chi connectivity index (χ3n) is 8.28. The number of carbonyl (C=O) groups excluding carboxylic acids is 1. The zero-order chi connectivity index (χ0) is 37.9. The van der Waals surface area contributed by atoms with Crippen LogP contribution in [0.25, 0.3) is 22.0 Å². The summed E-state index contributed by atoms with van der Waals surface area (Å²) < 4.78 is 70.7. The Balaban J connectivity index is 1.26. The summed E-state index contributed by atoms with van der Waals surface area (Å²) in [6, 6.07) is 18.7. The molecule has 0 saturated carbocycles. The fraction of sp³-hybridized carbons (Fsp3) is 0.289. The van der Waals surface area contributed by atoms with E-state index in [4.69, 9.17) is 14.7 Å². The number of carbonyl (C=O) groups is 1. The van der Waals surface area contributed by atoms with Crippen LogP contribution in [0, 0.1) is 24.1 Å². The molecule has 5 aromatic rings. The molecule has 274 valence electrons. The zero-order valence-electron chi connectivity index (χ0n) is 29.4. The van der Waals surface area contributed by atoms with E-state index in [2.05, 4.69) is 25.0 Å². The number of ether oxygens (including phenoxy) is 2. The number of rotatable bonds is 9. The van der Waals surface area contributed by atoms with Crippen LogP contribution in [0.2, 0.25) is 0 Å². The van der Waals surface area contributed by atoms with Gasteiger partial charge in [0.1, 0.15) is 23.3 Å². The van der Waals surface area contributed by atoms with Gasteiger partial charge in [-0.05, 0) is 81.3 Å². The molecule has 12 nitrogen and oxygen atoms in total. The van der Waals surface area contributed by atoms with E-state index in [1.807, 2.05) is 6.07 Å². The van der Waals surface area contributed by atoms with Crippen molar-refractivity contribution in [2.24, 2.45) is 0 Å². The molecule has 1 fully saturated rings. The molecule has 1 aliphatic rings. The Labute approximate surface area is 305 Å². The maximum absolute atomic E-state index is 15.3. The van der Waals surface area contributed by atoms with Crippen LogP contribution < -0.4 is 14.8 Å². The number of fused-ring (bicyclic) bond motifs is 1. The number of amides is 1. The quantitative estimate of drug-likeness (QED) is 0.155. The highest BCUT2D eigenvalue weighted by molar-refractivity contribution is 7.91. The lowest BCUT2D eigenvalue weighted by Gasteiger charge is -2.36. The predicted molar refractivity (Wildman–Crippen MR) is 196 cm³/mol. The first kappa shape index (κ1) is 36.9. The van der Waals surface area contributed by atoms with Gasteiger partial charge in [-0.15, -0.1) is 0 Å². The Morgan fingerprint density at radius 3 is 2.51 bits per heavy atom. The van der Waals surface area contributed by atoms with Crippen LogP contribution in [0.3, 0.4) is 0 Å². The minimum atomic E-state index is -4.07. The minimum Gasteiger partial charge on any atom is -0.444 e. The van der Waals surface area contributed by atoms with Crippen molar-refractivity contribution in [3.05, 3.63) is 102 Å². The summed E-state index contributed by atoms with van der Waals surface area (Å²) in [4.78, 5) is 27.4. The first-order valence-corrected chi connectivity index (χ1v) is 18.4. The molecule has 1 saturated heterocycles. The molecule has 0 unspecified atom stereocenters. The number of anilines is 2. The standard InChI is InChI=1S/C38H37F2N7O5S/c1-23-7-12-28-29(13-14-31(40)33(28)46-53(49,50)22-25-10-8-24(19-41)9-11-25)34(23)51-35-30(6-5-16-42-35)32-15-17-43-36(45-32)44-27-18-26(39)20-47(21-27)37(48)52-38(2,3)4/h5-17,26-27,46H,18,20-22H2,1-4H3,(H,43,44,45)/t26-,27-/m1/s1. The number of aromatic nitrogens is 3. The van der Waals surface area contributed by atoms with Crippen molar-refractivity contribution >= 4 is 38.5 Å². The minimum absolute atomic E-state index is 0.0728. The molecule has 0 bridgehead atoms. The number of benzene rings is 3. The molecule has 2 aromatic heterocycles. The number of hydrogen-bond donors (Lipinski definition) is 2. The maximum Gasteiger partial charge on any atom is 0.410 e. The molecule has 0 aliphatic carbocycles. The van der Waals surface area contributed by atoms with Gasteiger partial charge in [0.05, 0.1) is 40.9 Å². The number of nitrogens with zero attached hydrogens (tertiary/aromatic N) is 5. The molecule has 2 N–H and O–H groups in total. The van der Waals surface area contributed by atoms with E-state index in [9.17, 15) is 17.6 Å². The Kier molecular flexibility index (Phi) is 10.4. The van der Waals surface area contributed by atoms with E-state index in [1.165, 1.54) is 47.6 Å². The van der Waals surface area contributed by atoms with E-state index < -0.39 is 45.5 Å². The van der Waals surface area contributed by atoms with Gasteiger partial charge in [0.15, 0.2) is 0 Å². The average Bonchev–Trinajstić information content (AvgIpc) is 3.10. The Morgan fingerprint density at radius 2 is 1.77 bits per heavy atom. The summed E-state index contributed by atoms with van der Waals surface area (Å²) in [5.74, 6) is -0.524. The number of hydrogen-bond acceptors (Lipinski definition) is 10. The summed E-state index contributed by atoms with van der Waals surface area (Å²) in [6.45, 7) is 7.16. The van der Waals surface area contributed by atoms with Crippen LogP contribution in [0.1, 0.15) is 43.9 Å². The van der Waals surface area contributed by atoms with E-state index in [0.717, 1.165) is 6.07 Å². The number of alkyl halides is 1. The molecule has 1 amide bonds. The summed E-state index contributed by atoms with van der Waals surface area (Å²) in [5, 5.41) is 12.9. The number of nitriles is 1. The lowest BCUT2D eigenvalue weighted by Crippen LogP contribution is -2.51. The normalized spacial score (nSPS) is 16.1. The van der Waals surface area contributed by atoms with Gasteiger partial charge in [0.2, 0.25) is 21.9 Å². The SMILES string of the molecule is Cc1ccc2c(NS(=O)(=O)Cc3ccc(C#N)cc3)c(F)ccc2c1Oc1ncccc1-c1ccnc(N[C@@H]2C[C@@H](F)CN(C(=O)OC(C)(C)C)C2)n1. The topological polar surface area (TPSA) is 159 Å². The number of piperidine rings is 1. The van der Waals surface area contributed by atoms with Crippen LogP contribution in [0.15, 0.2) is 79.1 Å². The molecule has 53 heavy (non-hydrogen) atoms. The molecule has 6 rings (SSSR count). The van der Waals surface area contributed by atoms with Crippen LogP contribution in [-0.2, 0) is 20.5 Å². The average molecular weight is 742 g/mol. The summed E-state index contributed by atoms with van der Waals surface area (Å²) in [5.41, 5.74) is 1.44. The van der Waals surface area contributed by atoms with Crippen LogP contribution in [0.5, 0.6) is 11.6 Å². The van der Waals surface area contributed by atoms with Gasteiger partial charge in [-0.3, -0.25) is 4.72 Å². The lowest BCUT2D eigenvalue weighted by atomic mass is 10.0. The van der Waals surface area contributed by atoms with Crippen LogP contribution in [-0.4, -0.2) is 65.3 Å². The van der Waals surface area contributed by atoms with Gasteiger partial charge >= 0.3 is 6.09 Å². The first-order chi connectivity index (χ1) is 25.2. The zero-order valence-corrected chi connectivity index (χ0v) is 30.2. The molecule has 3 heterocycles. The fourth-order valence-electron chi connectivity index (χ4n) is 5.93. The van der Waals surface area contributed by atoms with Crippen molar-refractivity contribution in [1.82, 2.24) is 19.9 Å². The lowest BCUT2D eigenvalue weighted by molar-refractivity contribution is 0.0124. The van der Waals surface area contributed by atoms with Crippen molar-refractivity contribution in [2.45, 2.75) is 57.7 Å². The molecular weight excluding hydrogens is 705 g/mol. The second-order valence-corrected chi connectivity index (χ2v) is 15.4. The number of halogens is 2. The molecule has 0 radical (unpaired) electrons. The number of aryl methyl sites for hydroxylation is 1. The highest BCUT2D eigenvalue weighted by Crippen LogP contribution is 2.40. The largest absolute Gasteiger partial charge is 0.444 e. The van der Waals surface area contributed by atoms with E-state index in [-0.39, 0.29) is 42.4 Å². The summed E-state index contributed by atoms with van der Waals surface area (Å²) in [6.07, 6.45) is 1.34. The second kappa shape index (κ2) is 15.0. The van der Waals surface area contributed by atoms with Gasteiger partial charge in [0, 0.05) is 42.2 Å². The third kappa shape index (κ3) is 8.96. The van der Waals surface area contributed by atoms with E-state index in [1.54, 1.807) is 58.0 Å². The van der Waals surface area contributed by atoms with Crippen molar-refractivity contribution in [2.75, 3.05) is 23.1 Å². The molecule has 15 heteroatoms. The van der Waals surface area contributed by atoms with E-state index in [0.29, 0.717) is 39.1 Å². The molecule has 1 aliphatic heterocycles. The van der Waals surface area contributed by atoms with Gasteiger partial charge in [0.25, 0.3) is 0 Å². The number of likely N-dealkylation sites (tertiary alicyclic amines) is 1. The summed E-state index contributed by atoms with van der Waals surface area (Å²) >= 11 is 0. The number of sulfonamides is 1. The van der Waals surface area contributed by atoms with Crippen molar-refractivity contribution in [1.29, 1.82) is 5.26 Å². The highest BCUT2D eigenvalue weighted by atomic mass is 32.2. The van der Waals surface area contributed by atoms with Crippen molar-refractivity contribution in [3.8, 4) is 29.0 Å². The number of pyridine rings is 1. The smallest absolute Gasteiger partial charge is 0.410 e. The second-order valence-electron chi connectivity index (χ2n) is 13.7. The highest BCUT2D eigenvalue weighted by Gasteiger charge is 2.33. The van der Waals surface area contributed by atoms with Crippen molar-refractivity contribution < 1.29 is 31.5 Å². The van der Waals surface area contributed by atoms with Gasteiger partial charge in [-0.2, -0.15) is 5.26 Å².